The van der Waals surface area contributed by atoms with E-state index in [0.717, 1.165) is 32.1 Å². The average Bonchev–Trinajstić information content (AvgIpc) is 2.69. The maximum atomic E-state index is 11.9. The molecule has 0 aromatic rings. The second-order valence-corrected chi connectivity index (χ2v) is 9.67. The van der Waals surface area contributed by atoms with E-state index in [-0.39, 0.29) is 65.5 Å². The summed E-state index contributed by atoms with van der Waals surface area (Å²) in [7, 11) is -5.50. The van der Waals surface area contributed by atoms with Crippen molar-refractivity contribution in [2.75, 3.05) is 0 Å². The van der Waals surface area contributed by atoms with Crippen molar-refractivity contribution in [1.29, 1.82) is 0 Å². The topological polar surface area (TPSA) is 164 Å². The summed E-state index contributed by atoms with van der Waals surface area (Å²) in [5.41, 5.74) is 0. The molecule has 186 valence electrons. The van der Waals surface area contributed by atoms with E-state index in [1.54, 1.807) is 5.32 Å². The fourth-order valence-corrected chi connectivity index (χ4v) is 4.03. The summed E-state index contributed by atoms with van der Waals surface area (Å²) in [5.74, 6) is -5.53. The first-order chi connectivity index (χ1) is 15.1. The number of amides is 1. The predicted molar refractivity (Wildman–Crippen MR) is 117 cm³/mol. The molecule has 1 atom stereocenters. The Kier molecular flexibility index (Phi) is 25.3. The minimum absolute atomic E-state index is 0. The molecule has 0 aromatic heterocycles. The maximum Gasteiger partial charge on any atom is 1.00 e. The van der Waals surface area contributed by atoms with E-state index in [1.165, 1.54) is 38.5 Å². The largest absolute Gasteiger partial charge is 1.00 e. The van der Waals surface area contributed by atoms with Gasteiger partial charge in [0.15, 0.2) is 0 Å². The van der Waals surface area contributed by atoms with E-state index in [4.69, 9.17) is 4.55 Å². The van der Waals surface area contributed by atoms with Crippen LogP contribution in [0.4, 0.5) is 0 Å². The van der Waals surface area contributed by atoms with Crippen molar-refractivity contribution in [3.8, 4) is 0 Å². The number of hydrogen-bond acceptors (Lipinski definition) is 7. The van der Waals surface area contributed by atoms with Crippen LogP contribution in [0.25, 0.3) is 0 Å². The number of carboxylic acids is 2. The molecule has 0 rings (SSSR count). The average molecular weight is 522 g/mol. The molecular weight excluding hydrogens is 484 g/mol. The van der Waals surface area contributed by atoms with Gasteiger partial charge in [-0.1, -0.05) is 70.4 Å². The van der Waals surface area contributed by atoms with Crippen molar-refractivity contribution in [2.24, 2.45) is 0 Å². The monoisotopic (exact) mass is 521 g/mol. The second kappa shape index (κ2) is 22.3. The quantitative estimate of drug-likeness (QED) is 0.0702. The van der Waals surface area contributed by atoms with Gasteiger partial charge in [0.25, 0.3) is 10.1 Å². The molecule has 2 N–H and O–H groups in total. The van der Waals surface area contributed by atoms with Crippen LogP contribution in [0.5, 0.6) is 0 Å². The minimum atomic E-state index is -5.50. The van der Waals surface area contributed by atoms with E-state index in [0.29, 0.717) is 12.8 Å². The molecule has 0 aliphatic rings. The first-order valence-corrected chi connectivity index (χ1v) is 12.8. The molecule has 0 aliphatic heterocycles. The van der Waals surface area contributed by atoms with E-state index in [2.05, 4.69) is 19.1 Å². The number of rotatable bonds is 20. The van der Waals surface area contributed by atoms with Crippen LogP contribution in [0, 0.1) is 0 Å². The van der Waals surface area contributed by atoms with Crippen LogP contribution in [0.15, 0.2) is 12.2 Å². The number of allylic oxidation sites excluding steroid dienone is 2. The molecular formula is C22H37NNa2O8S. The summed E-state index contributed by atoms with van der Waals surface area (Å²) in [5, 5.41) is 23.5. The Balaban J connectivity index is -0.00000480. The van der Waals surface area contributed by atoms with Crippen LogP contribution in [0.3, 0.4) is 0 Å². The standard InChI is InChI=1S/C22H39NO8S.2Na/c1-2-3-4-5-6-7-8-9-10-11-12-13-14-15-16-17-19(24)23-22(21(27)28,18-20(25)26)32(29,30)31;;/h9-10H,2-8,11-18H2,1H3,(H,23,24)(H,25,26)(H,27,28)(H,29,30,31);;/q;2*+1/p-2. The third-order valence-electron chi connectivity index (χ3n) is 5.17. The van der Waals surface area contributed by atoms with Gasteiger partial charge in [0, 0.05) is 18.8 Å². The molecule has 0 saturated heterocycles. The van der Waals surface area contributed by atoms with Gasteiger partial charge in [-0.25, -0.2) is 0 Å². The Labute approximate surface area is 248 Å². The van der Waals surface area contributed by atoms with Gasteiger partial charge in [0.05, 0.1) is 5.97 Å². The van der Waals surface area contributed by atoms with Crippen LogP contribution in [-0.2, 0) is 24.5 Å². The van der Waals surface area contributed by atoms with Crippen molar-refractivity contribution < 1.29 is 96.7 Å². The van der Waals surface area contributed by atoms with E-state index in [9.17, 15) is 33.0 Å². The molecule has 12 heteroatoms. The van der Waals surface area contributed by atoms with Crippen molar-refractivity contribution >= 4 is 28.0 Å². The van der Waals surface area contributed by atoms with Crippen LogP contribution < -0.4 is 74.6 Å². The fraction of sp³-hybridized carbons (Fsp3) is 0.773. The van der Waals surface area contributed by atoms with Crippen molar-refractivity contribution in [1.82, 2.24) is 5.32 Å². The zero-order valence-corrected chi connectivity index (χ0v) is 25.8. The van der Waals surface area contributed by atoms with Gasteiger partial charge in [-0.2, -0.15) is 8.42 Å². The Hall–Kier alpha value is 0.0600. The summed E-state index contributed by atoms with van der Waals surface area (Å²) >= 11 is 0. The number of unbranched alkanes of at least 4 members (excludes halogenated alkanes) is 11. The minimum Gasteiger partial charge on any atom is -0.550 e. The number of carboxylic acid groups (broad SMARTS) is 2. The molecule has 0 radical (unpaired) electrons. The van der Waals surface area contributed by atoms with Gasteiger partial charge in [-0.05, 0) is 32.1 Å². The number of nitrogens with one attached hydrogen (secondary N) is 1. The third kappa shape index (κ3) is 17.5. The van der Waals surface area contributed by atoms with Gasteiger partial charge in [-0.15, -0.1) is 0 Å². The Morgan fingerprint density at radius 2 is 1.26 bits per heavy atom. The summed E-state index contributed by atoms with van der Waals surface area (Å²) < 4.78 is 31.9. The molecule has 0 fully saturated rings. The number of carbonyl (C=O) groups excluding carboxylic acids is 3. The van der Waals surface area contributed by atoms with Crippen molar-refractivity contribution in [3.63, 3.8) is 0 Å². The van der Waals surface area contributed by atoms with Crippen LogP contribution in [0.2, 0.25) is 0 Å². The summed E-state index contributed by atoms with van der Waals surface area (Å²) in [4.78, 5) is 30.4. The zero-order chi connectivity index (χ0) is 24.5. The predicted octanol–water partition coefficient (Wildman–Crippen LogP) is -4.38. The number of carbonyl (C=O) groups is 3. The van der Waals surface area contributed by atoms with E-state index >= 15 is 0 Å². The first kappa shape index (κ1) is 38.6. The Bertz CT molecular complexity index is 716. The van der Waals surface area contributed by atoms with E-state index in [1.807, 2.05) is 0 Å². The molecule has 34 heavy (non-hydrogen) atoms. The molecule has 0 aliphatic carbocycles. The second-order valence-electron chi connectivity index (χ2n) is 8.02. The molecule has 1 unspecified atom stereocenters. The first-order valence-electron chi connectivity index (χ1n) is 11.4. The summed E-state index contributed by atoms with van der Waals surface area (Å²) in [6, 6.07) is 0. The Morgan fingerprint density at radius 3 is 1.68 bits per heavy atom. The van der Waals surface area contributed by atoms with Crippen LogP contribution in [-0.4, -0.2) is 35.7 Å². The third-order valence-corrected chi connectivity index (χ3v) is 6.46. The SMILES string of the molecule is CCCCCCCCC=CCCCCCCCC(=O)NC(CC(=O)[O-])(C(=O)[O-])S(=O)(=O)O.[Na+].[Na+]. The van der Waals surface area contributed by atoms with E-state index < -0.39 is 39.3 Å². The van der Waals surface area contributed by atoms with Gasteiger partial charge < -0.3 is 25.1 Å². The van der Waals surface area contributed by atoms with Gasteiger partial charge >= 0.3 is 59.1 Å². The smallest absolute Gasteiger partial charge is 0.550 e. The molecule has 0 saturated carbocycles. The maximum absolute atomic E-state index is 11.9. The molecule has 0 aromatic carbocycles. The van der Waals surface area contributed by atoms with Gasteiger partial charge in [0.1, 0.15) is 0 Å². The normalized spacial score (nSPS) is 12.9. The summed E-state index contributed by atoms with van der Waals surface area (Å²) in [6.45, 7) is 2.21. The summed E-state index contributed by atoms with van der Waals surface area (Å²) in [6.07, 6.45) is 16.2. The van der Waals surface area contributed by atoms with Gasteiger partial charge in [0.2, 0.25) is 10.8 Å². The van der Waals surface area contributed by atoms with Crippen molar-refractivity contribution in [3.05, 3.63) is 12.2 Å². The van der Waals surface area contributed by atoms with Crippen LogP contribution in [0.1, 0.15) is 103 Å². The van der Waals surface area contributed by atoms with Crippen molar-refractivity contribution in [2.45, 2.75) is 108 Å². The van der Waals surface area contributed by atoms with Gasteiger partial charge in [-0.3, -0.25) is 9.35 Å². The Morgan fingerprint density at radius 1 is 0.824 bits per heavy atom. The number of hydrogen-bond donors (Lipinski definition) is 2. The molecule has 0 heterocycles. The zero-order valence-electron chi connectivity index (χ0n) is 21.0. The fourth-order valence-electron chi connectivity index (χ4n) is 3.28. The molecule has 1 amide bonds. The molecule has 0 spiro atoms. The number of aliphatic carboxylic acids is 2. The van der Waals surface area contributed by atoms with Crippen LogP contribution >= 0.6 is 0 Å². The molecule has 9 nitrogen and oxygen atoms in total. The molecule has 0 bridgehead atoms.